The van der Waals surface area contributed by atoms with Crippen molar-refractivity contribution in [3.63, 3.8) is 0 Å². The first kappa shape index (κ1) is 16.6. The first-order valence-corrected chi connectivity index (χ1v) is 8.49. The highest BCUT2D eigenvalue weighted by Gasteiger charge is 2.25. The van der Waals surface area contributed by atoms with Crippen LogP contribution in [0.3, 0.4) is 0 Å². The number of furan rings is 1. The van der Waals surface area contributed by atoms with Crippen LogP contribution < -0.4 is 10.1 Å². The standard InChI is InChI=1S/C19H24N2O3/c1-15(14-24-17-6-3-2-4-7-17)20-16-9-11-21(12-10-16)19(22)18-8-5-13-23-18/h2-8,13,15-16,20H,9-12,14H2,1H3/t15-/m0/s1. The van der Waals surface area contributed by atoms with Crippen molar-refractivity contribution in [3.8, 4) is 5.75 Å². The Morgan fingerprint density at radius 3 is 2.67 bits per heavy atom. The second-order valence-electron chi connectivity index (χ2n) is 6.24. The van der Waals surface area contributed by atoms with Gasteiger partial charge in [0, 0.05) is 25.2 Å². The molecule has 1 aliphatic rings. The maximum atomic E-state index is 12.2. The SMILES string of the molecule is C[C@@H](COc1ccccc1)NC1CCN(C(=O)c2ccco2)CC1. The normalized spacial score (nSPS) is 16.8. The summed E-state index contributed by atoms with van der Waals surface area (Å²) in [5.74, 6) is 1.30. The van der Waals surface area contributed by atoms with Crippen LogP contribution in [0.2, 0.25) is 0 Å². The lowest BCUT2D eigenvalue weighted by Crippen LogP contribution is -2.48. The van der Waals surface area contributed by atoms with Crippen LogP contribution in [0.4, 0.5) is 0 Å². The Kier molecular flexibility index (Phi) is 5.54. The van der Waals surface area contributed by atoms with Crippen LogP contribution in [0.1, 0.15) is 30.3 Å². The van der Waals surface area contributed by atoms with Gasteiger partial charge in [0.15, 0.2) is 5.76 Å². The van der Waals surface area contributed by atoms with Crippen molar-refractivity contribution >= 4 is 5.91 Å². The fraction of sp³-hybridized carbons (Fsp3) is 0.421. The molecule has 1 fully saturated rings. The largest absolute Gasteiger partial charge is 0.492 e. The maximum absolute atomic E-state index is 12.2. The predicted octanol–water partition coefficient (Wildman–Crippen LogP) is 2.94. The number of hydrogen-bond acceptors (Lipinski definition) is 4. The lowest BCUT2D eigenvalue weighted by Gasteiger charge is -2.33. The summed E-state index contributed by atoms with van der Waals surface area (Å²) < 4.78 is 11.0. The van der Waals surface area contributed by atoms with Crippen LogP contribution >= 0.6 is 0 Å². The van der Waals surface area contributed by atoms with E-state index in [-0.39, 0.29) is 11.9 Å². The molecule has 2 heterocycles. The highest BCUT2D eigenvalue weighted by molar-refractivity contribution is 5.91. The molecular weight excluding hydrogens is 304 g/mol. The second kappa shape index (κ2) is 8.02. The summed E-state index contributed by atoms with van der Waals surface area (Å²) in [5, 5.41) is 3.60. The van der Waals surface area contributed by atoms with Gasteiger partial charge in [-0.15, -0.1) is 0 Å². The molecule has 1 N–H and O–H groups in total. The van der Waals surface area contributed by atoms with E-state index in [1.54, 1.807) is 12.1 Å². The molecular formula is C19H24N2O3. The van der Waals surface area contributed by atoms with Gasteiger partial charge in [-0.1, -0.05) is 18.2 Å². The van der Waals surface area contributed by atoms with E-state index in [9.17, 15) is 4.79 Å². The number of likely N-dealkylation sites (tertiary alicyclic amines) is 1. The monoisotopic (exact) mass is 328 g/mol. The number of carbonyl (C=O) groups excluding carboxylic acids is 1. The average molecular weight is 328 g/mol. The van der Waals surface area contributed by atoms with E-state index in [0.717, 1.165) is 31.7 Å². The fourth-order valence-electron chi connectivity index (χ4n) is 2.99. The Bertz CT molecular complexity index is 619. The second-order valence-corrected chi connectivity index (χ2v) is 6.24. The van der Waals surface area contributed by atoms with Crippen LogP contribution in [-0.2, 0) is 0 Å². The van der Waals surface area contributed by atoms with Crippen LogP contribution in [0.25, 0.3) is 0 Å². The number of piperidine rings is 1. The molecule has 0 spiro atoms. The van der Waals surface area contributed by atoms with Crippen molar-refractivity contribution in [2.24, 2.45) is 0 Å². The highest BCUT2D eigenvalue weighted by Crippen LogP contribution is 2.15. The topological polar surface area (TPSA) is 54.7 Å². The predicted molar refractivity (Wildman–Crippen MR) is 92.2 cm³/mol. The lowest BCUT2D eigenvalue weighted by atomic mass is 10.0. The Balaban J connectivity index is 1.39. The molecule has 0 radical (unpaired) electrons. The minimum Gasteiger partial charge on any atom is -0.492 e. The van der Waals surface area contributed by atoms with E-state index in [1.807, 2.05) is 35.2 Å². The molecule has 2 aromatic rings. The fourth-order valence-corrected chi connectivity index (χ4v) is 2.99. The minimum absolute atomic E-state index is 0.0149. The summed E-state index contributed by atoms with van der Waals surface area (Å²) >= 11 is 0. The van der Waals surface area contributed by atoms with Crippen molar-refractivity contribution in [3.05, 3.63) is 54.5 Å². The van der Waals surface area contributed by atoms with Gasteiger partial charge in [0.2, 0.25) is 0 Å². The summed E-state index contributed by atoms with van der Waals surface area (Å²) in [4.78, 5) is 14.1. The van der Waals surface area contributed by atoms with Gasteiger partial charge in [-0.2, -0.15) is 0 Å². The summed E-state index contributed by atoms with van der Waals surface area (Å²) in [6.07, 6.45) is 3.43. The molecule has 128 valence electrons. The summed E-state index contributed by atoms with van der Waals surface area (Å²) in [7, 11) is 0. The number of hydrogen-bond donors (Lipinski definition) is 1. The number of ether oxygens (including phenoxy) is 1. The number of carbonyl (C=O) groups is 1. The summed E-state index contributed by atoms with van der Waals surface area (Å²) in [5.41, 5.74) is 0. The molecule has 0 aliphatic carbocycles. The van der Waals surface area contributed by atoms with Gasteiger partial charge in [-0.3, -0.25) is 4.79 Å². The molecule has 1 aromatic carbocycles. The number of nitrogens with one attached hydrogen (secondary N) is 1. The zero-order chi connectivity index (χ0) is 16.8. The van der Waals surface area contributed by atoms with E-state index in [1.165, 1.54) is 6.26 Å². The Hall–Kier alpha value is -2.27. The third kappa shape index (κ3) is 4.38. The number of rotatable bonds is 6. The molecule has 0 saturated carbocycles. The van der Waals surface area contributed by atoms with Crippen LogP contribution in [0.15, 0.2) is 53.1 Å². The van der Waals surface area contributed by atoms with Crippen molar-refractivity contribution in [2.75, 3.05) is 19.7 Å². The first-order chi connectivity index (χ1) is 11.7. The lowest BCUT2D eigenvalue weighted by molar-refractivity contribution is 0.0667. The Morgan fingerprint density at radius 2 is 2.00 bits per heavy atom. The van der Waals surface area contributed by atoms with Crippen LogP contribution in [-0.4, -0.2) is 42.6 Å². The van der Waals surface area contributed by atoms with Gasteiger partial charge in [-0.05, 0) is 44.0 Å². The number of nitrogens with zero attached hydrogens (tertiary/aromatic N) is 1. The van der Waals surface area contributed by atoms with E-state index in [4.69, 9.17) is 9.15 Å². The molecule has 5 nitrogen and oxygen atoms in total. The van der Waals surface area contributed by atoms with Crippen molar-refractivity contribution in [1.82, 2.24) is 10.2 Å². The third-order valence-corrected chi connectivity index (χ3v) is 4.28. The molecule has 1 amide bonds. The molecule has 24 heavy (non-hydrogen) atoms. The average Bonchev–Trinajstić information content (AvgIpc) is 3.16. The molecule has 1 atom stereocenters. The molecule has 1 aromatic heterocycles. The quantitative estimate of drug-likeness (QED) is 0.886. The van der Waals surface area contributed by atoms with Crippen LogP contribution in [0.5, 0.6) is 5.75 Å². The summed E-state index contributed by atoms with van der Waals surface area (Å²) in [6.45, 7) is 4.27. The van der Waals surface area contributed by atoms with Crippen LogP contribution in [0, 0.1) is 0 Å². The number of benzene rings is 1. The zero-order valence-electron chi connectivity index (χ0n) is 14.0. The minimum atomic E-state index is -0.0149. The smallest absolute Gasteiger partial charge is 0.289 e. The first-order valence-electron chi connectivity index (χ1n) is 8.49. The molecule has 0 bridgehead atoms. The van der Waals surface area contributed by atoms with Gasteiger partial charge in [-0.25, -0.2) is 0 Å². The van der Waals surface area contributed by atoms with Crippen molar-refractivity contribution < 1.29 is 13.9 Å². The number of para-hydroxylation sites is 1. The van der Waals surface area contributed by atoms with Gasteiger partial charge < -0.3 is 19.4 Å². The van der Waals surface area contributed by atoms with Gasteiger partial charge in [0.25, 0.3) is 5.91 Å². The van der Waals surface area contributed by atoms with Gasteiger partial charge in [0.05, 0.1) is 6.26 Å². The Morgan fingerprint density at radius 1 is 1.25 bits per heavy atom. The van der Waals surface area contributed by atoms with Crippen molar-refractivity contribution in [2.45, 2.75) is 31.8 Å². The molecule has 0 unspecified atom stereocenters. The number of amides is 1. The molecule has 3 rings (SSSR count). The molecule has 1 saturated heterocycles. The summed E-state index contributed by atoms with van der Waals surface area (Å²) in [6, 6.07) is 14.0. The van der Waals surface area contributed by atoms with E-state index >= 15 is 0 Å². The third-order valence-electron chi connectivity index (χ3n) is 4.28. The Labute approximate surface area is 142 Å². The van der Waals surface area contributed by atoms with E-state index in [0.29, 0.717) is 18.4 Å². The molecule has 5 heteroatoms. The van der Waals surface area contributed by atoms with Gasteiger partial charge >= 0.3 is 0 Å². The van der Waals surface area contributed by atoms with E-state index in [2.05, 4.69) is 12.2 Å². The maximum Gasteiger partial charge on any atom is 0.289 e. The highest BCUT2D eigenvalue weighted by atomic mass is 16.5. The molecule has 1 aliphatic heterocycles. The van der Waals surface area contributed by atoms with E-state index < -0.39 is 0 Å². The van der Waals surface area contributed by atoms with Gasteiger partial charge in [0.1, 0.15) is 12.4 Å². The van der Waals surface area contributed by atoms with Crippen molar-refractivity contribution in [1.29, 1.82) is 0 Å². The zero-order valence-corrected chi connectivity index (χ0v) is 14.0.